The molecule has 0 aliphatic carbocycles. The molecule has 1 fully saturated rings. The van der Waals surface area contributed by atoms with Gasteiger partial charge in [0.25, 0.3) is 0 Å². The van der Waals surface area contributed by atoms with Crippen LogP contribution >= 0.6 is 0 Å². The molecule has 2 rings (SSSR count). The molecule has 1 heterocycles. The van der Waals surface area contributed by atoms with E-state index >= 15 is 0 Å². The fourth-order valence-electron chi connectivity index (χ4n) is 2.54. The van der Waals surface area contributed by atoms with E-state index in [0.29, 0.717) is 12.3 Å². The molecule has 0 spiro atoms. The molecule has 1 aromatic rings. The number of para-hydroxylation sites is 1. The minimum atomic E-state index is -2.91. The van der Waals surface area contributed by atoms with E-state index in [9.17, 15) is 8.42 Å². The van der Waals surface area contributed by atoms with Gasteiger partial charge in [-0.25, -0.2) is 8.42 Å². The predicted molar refractivity (Wildman–Crippen MR) is 85.4 cm³/mol. The van der Waals surface area contributed by atoms with Crippen molar-refractivity contribution in [2.75, 3.05) is 18.1 Å². The Labute approximate surface area is 127 Å². The van der Waals surface area contributed by atoms with E-state index in [1.165, 1.54) is 0 Å². The first-order chi connectivity index (χ1) is 9.87. The molecule has 21 heavy (non-hydrogen) atoms. The number of nitrogens with one attached hydrogen (secondary N) is 1. The minimum absolute atomic E-state index is 0.139. The monoisotopic (exact) mass is 311 g/mol. The van der Waals surface area contributed by atoms with Crippen molar-refractivity contribution in [3.8, 4) is 5.75 Å². The van der Waals surface area contributed by atoms with Crippen LogP contribution in [-0.4, -0.2) is 32.6 Å². The van der Waals surface area contributed by atoms with Gasteiger partial charge in [0.15, 0.2) is 9.84 Å². The van der Waals surface area contributed by atoms with Gasteiger partial charge in [-0.2, -0.15) is 0 Å². The summed E-state index contributed by atoms with van der Waals surface area (Å²) in [5.41, 5.74) is 2.16. The molecule has 1 N–H and O–H groups in total. The highest BCUT2D eigenvalue weighted by molar-refractivity contribution is 7.91. The molecule has 1 aliphatic rings. The molecule has 4 nitrogen and oxygen atoms in total. The molecule has 118 valence electrons. The van der Waals surface area contributed by atoms with E-state index in [1.54, 1.807) is 0 Å². The predicted octanol–water partition coefficient (Wildman–Crippen LogP) is 2.31. The van der Waals surface area contributed by atoms with Gasteiger partial charge < -0.3 is 10.1 Å². The summed E-state index contributed by atoms with van der Waals surface area (Å²) >= 11 is 0. The molecule has 1 saturated heterocycles. The topological polar surface area (TPSA) is 55.4 Å². The van der Waals surface area contributed by atoms with Crippen LogP contribution in [0.1, 0.15) is 31.4 Å². The molecule has 5 heteroatoms. The molecular weight excluding hydrogens is 286 g/mol. The Hall–Kier alpha value is -1.07. The zero-order valence-electron chi connectivity index (χ0n) is 13.1. The lowest BCUT2D eigenvalue weighted by Gasteiger charge is -2.18. The van der Waals surface area contributed by atoms with Crippen molar-refractivity contribution >= 4 is 9.84 Å². The highest BCUT2D eigenvalue weighted by Crippen LogP contribution is 2.27. The van der Waals surface area contributed by atoms with E-state index in [4.69, 9.17) is 4.74 Å². The van der Waals surface area contributed by atoms with Crippen molar-refractivity contribution in [3.05, 3.63) is 29.3 Å². The third-order valence-corrected chi connectivity index (χ3v) is 5.37. The first kappa shape index (κ1) is 16.3. The Kier molecular flexibility index (Phi) is 5.27. The highest BCUT2D eigenvalue weighted by atomic mass is 32.2. The molecular formula is C16H25NO3S. The number of hydrogen-bond donors (Lipinski definition) is 1. The molecule has 1 aromatic carbocycles. The van der Waals surface area contributed by atoms with Crippen LogP contribution in [0, 0.1) is 12.8 Å². The van der Waals surface area contributed by atoms with Gasteiger partial charge in [0.2, 0.25) is 0 Å². The maximum Gasteiger partial charge on any atom is 0.154 e. The average Bonchev–Trinajstić information content (AvgIpc) is 2.72. The van der Waals surface area contributed by atoms with Gasteiger partial charge in [0.1, 0.15) is 11.9 Å². The first-order valence-electron chi connectivity index (χ1n) is 7.53. The summed E-state index contributed by atoms with van der Waals surface area (Å²) in [5.74, 6) is 1.82. The van der Waals surface area contributed by atoms with Crippen LogP contribution in [0.3, 0.4) is 0 Å². The van der Waals surface area contributed by atoms with E-state index < -0.39 is 9.84 Å². The molecule has 0 bridgehead atoms. The maximum absolute atomic E-state index is 11.6. The fourth-order valence-corrected chi connectivity index (χ4v) is 4.13. The third-order valence-electron chi connectivity index (χ3n) is 3.64. The summed E-state index contributed by atoms with van der Waals surface area (Å²) in [6.07, 6.45) is 0.384. The number of sulfone groups is 1. The standard InChI is InChI=1S/C16H25NO3S/c1-12(2)9-17-10-14-6-4-5-13(3)16(14)20-15-7-8-21(18,19)11-15/h4-6,12,15,17H,7-11H2,1-3H3. The van der Waals surface area contributed by atoms with Crippen molar-refractivity contribution in [1.29, 1.82) is 0 Å². The van der Waals surface area contributed by atoms with E-state index in [1.807, 2.05) is 25.1 Å². The van der Waals surface area contributed by atoms with Gasteiger partial charge in [0.05, 0.1) is 11.5 Å². The van der Waals surface area contributed by atoms with Crippen molar-refractivity contribution in [3.63, 3.8) is 0 Å². The number of aryl methyl sites for hydroxylation is 1. The fraction of sp³-hybridized carbons (Fsp3) is 0.625. The second-order valence-electron chi connectivity index (χ2n) is 6.23. The van der Waals surface area contributed by atoms with Crippen molar-refractivity contribution in [1.82, 2.24) is 5.32 Å². The van der Waals surface area contributed by atoms with Crippen LogP contribution in [0.2, 0.25) is 0 Å². The molecule has 0 radical (unpaired) electrons. The molecule has 0 amide bonds. The van der Waals surface area contributed by atoms with Crippen LogP contribution in [0.25, 0.3) is 0 Å². The van der Waals surface area contributed by atoms with E-state index in [-0.39, 0.29) is 17.6 Å². The lowest BCUT2D eigenvalue weighted by molar-refractivity contribution is 0.224. The van der Waals surface area contributed by atoms with Crippen LogP contribution in [0.5, 0.6) is 5.75 Å². The second-order valence-corrected chi connectivity index (χ2v) is 8.46. The Morgan fingerprint density at radius 3 is 2.76 bits per heavy atom. The number of rotatable bonds is 6. The molecule has 1 unspecified atom stereocenters. The third kappa shape index (κ3) is 4.71. The first-order valence-corrected chi connectivity index (χ1v) is 9.36. The van der Waals surface area contributed by atoms with Crippen LogP contribution in [0.15, 0.2) is 18.2 Å². The zero-order valence-corrected chi connectivity index (χ0v) is 13.9. The van der Waals surface area contributed by atoms with Crippen molar-refractivity contribution < 1.29 is 13.2 Å². The highest BCUT2D eigenvalue weighted by Gasteiger charge is 2.30. The lowest BCUT2D eigenvalue weighted by atomic mass is 10.1. The second kappa shape index (κ2) is 6.79. The maximum atomic E-state index is 11.6. The zero-order chi connectivity index (χ0) is 15.5. The van der Waals surface area contributed by atoms with Gasteiger partial charge in [-0.05, 0) is 31.4 Å². The number of ether oxygens (including phenoxy) is 1. The van der Waals surface area contributed by atoms with Crippen LogP contribution < -0.4 is 10.1 Å². The van der Waals surface area contributed by atoms with Crippen molar-refractivity contribution in [2.45, 2.75) is 39.8 Å². The number of benzene rings is 1. The molecule has 1 atom stereocenters. The number of hydrogen-bond acceptors (Lipinski definition) is 4. The molecule has 1 aliphatic heterocycles. The summed E-state index contributed by atoms with van der Waals surface area (Å²) in [7, 11) is -2.91. The van der Waals surface area contributed by atoms with Crippen LogP contribution in [-0.2, 0) is 16.4 Å². The summed E-state index contributed by atoms with van der Waals surface area (Å²) < 4.78 is 29.1. The molecule has 0 saturated carbocycles. The van der Waals surface area contributed by atoms with E-state index in [2.05, 4.69) is 19.2 Å². The summed E-state index contributed by atoms with van der Waals surface area (Å²) in [5, 5.41) is 3.41. The summed E-state index contributed by atoms with van der Waals surface area (Å²) in [4.78, 5) is 0. The Morgan fingerprint density at radius 1 is 1.38 bits per heavy atom. The van der Waals surface area contributed by atoms with Gasteiger partial charge in [-0.15, -0.1) is 0 Å². The minimum Gasteiger partial charge on any atom is -0.489 e. The lowest BCUT2D eigenvalue weighted by Crippen LogP contribution is -2.22. The Morgan fingerprint density at radius 2 is 2.14 bits per heavy atom. The normalized spacial score (nSPS) is 20.9. The smallest absolute Gasteiger partial charge is 0.154 e. The Balaban J connectivity index is 2.07. The summed E-state index contributed by atoms with van der Waals surface area (Å²) in [6, 6.07) is 6.06. The average molecular weight is 311 g/mol. The van der Waals surface area contributed by atoms with Crippen molar-refractivity contribution in [2.24, 2.45) is 5.92 Å². The van der Waals surface area contributed by atoms with Gasteiger partial charge >= 0.3 is 0 Å². The van der Waals surface area contributed by atoms with Gasteiger partial charge in [-0.1, -0.05) is 32.0 Å². The Bertz CT molecular complexity index is 581. The SMILES string of the molecule is Cc1cccc(CNCC(C)C)c1OC1CCS(=O)(=O)C1. The largest absolute Gasteiger partial charge is 0.489 e. The quantitative estimate of drug-likeness (QED) is 0.876. The summed E-state index contributed by atoms with van der Waals surface area (Å²) in [6.45, 7) is 8.04. The van der Waals surface area contributed by atoms with Gasteiger partial charge in [0, 0.05) is 12.1 Å². The van der Waals surface area contributed by atoms with Gasteiger partial charge in [-0.3, -0.25) is 0 Å². The molecule has 0 aromatic heterocycles. The van der Waals surface area contributed by atoms with E-state index in [0.717, 1.165) is 30.0 Å². The van der Waals surface area contributed by atoms with Crippen LogP contribution in [0.4, 0.5) is 0 Å².